The van der Waals surface area contributed by atoms with Gasteiger partial charge >= 0.3 is 5.97 Å². The summed E-state index contributed by atoms with van der Waals surface area (Å²) < 4.78 is 6.19. The molecule has 116 valence electrons. The molecular weight excluding hydrogens is 272 g/mol. The molecule has 1 aliphatic rings. The van der Waals surface area contributed by atoms with Gasteiger partial charge in [0.25, 0.3) is 0 Å². The molecule has 1 amide bonds. The van der Waals surface area contributed by atoms with Crippen molar-refractivity contribution in [3.8, 4) is 0 Å². The molecule has 0 bridgehead atoms. The van der Waals surface area contributed by atoms with Gasteiger partial charge in [-0.2, -0.15) is 0 Å². The minimum atomic E-state index is -0.517. The Morgan fingerprint density at radius 1 is 1.38 bits per heavy atom. The quantitative estimate of drug-likeness (QED) is 0.775. The van der Waals surface area contributed by atoms with Gasteiger partial charge in [0.15, 0.2) is 5.69 Å². The van der Waals surface area contributed by atoms with E-state index in [9.17, 15) is 9.59 Å². The zero-order valence-electron chi connectivity index (χ0n) is 12.8. The van der Waals surface area contributed by atoms with Gasteiger partial charge in [0.2, 0.25) is 5.91 Å². The highest BCUT2D eigenvalue weighted by molar-refractivity contribution is 5.88. The maximum Gasteiger partial charge on any atom is 0.360 e. The van der Waals surface area contributed by atoms with Crippen LogP contribution in [0.4, 0.5) is 0 Å². The van der Waals surface area contributed by atoms with Crippen LogP contribution < -0.4 is 0 Å². The molecule has 7 nitrogen and oxygen atoms in total. The second kappa shape index (κ2) is 6.69. The third-order valence-electron chi connectivity index (χ3n) is 3.96. The summed E-state index contributed by atoms with van der Waals surface area (Å²) in [5.41, 5.74) is 0.833. The fraction of sp³-hybridized carbons (Fsp3) is 0.714. The summed E-state index contributed by atoms with van der Waals surface area (Å²) in [5, 5.41) is 7.78. The number of hydrogen-bond acceptors (Lipinski definition) is 5. The van der Waals surface area contributed by atoms with Gasteiger partial charge in [0.1, 0.15) is 6.54 Å². The van der Waals surface area contributed by atoms with Crippen LogP contribution in [0.25, 0.3) is 0 Å². The van der Waals surface area contributed by atoms with Crippen LogP contribution >= 0.6 is 0 Å². The normalized spacial score (nSPS) is 18.6. The Kier molecular flexibility index (Phi) is 4.93. The van der Waals surface area contributed by atoms with Crippen LogP contribution in [-0.4, -0.2) is 51.5 Å². The smallest absolute Gasteiger partial charge is 0.360 e. The first-order valence-electron chi connectivity index (χ1n) is 7.38. The molecule has 21 heavy (non-hydrogen) atoms. The second-order valence-corrected chi connectivity index (χ2v) is 5.32. The Labute approximate surface area is 124 Å². The minimum absolute atomic E-state index is 0.0261. The summed E-state index contributed by atoms with van der Waals surface area (Å²) in [6, 6.07) is 0.264. The molecule has 0 aromatic carbocycles. The van der Waals surface area contributed by atoms with Gasteiger partial charge in [-0.1, -0.05) is 12.1 Å². The summed E-state index contributed by atoms with van der Waals surface area (Å²) in [5.74, 6) is -0.491. The fourth-order valence-corrected chi connectivity index (χ4v) is 2.75. The van der Waals surface area contributed by atoms with Crippen molar-refractivity contribution >= 4 is 11.9 Å². The van der Waals surface area contributed by atoms with Crippen molar-refractivity contribution in [2.45, 2.75) is 52.1 Å². The number of hydrogen-bond donors (Lipinski definition) is 0. The predicted molar refractivity (Wildman–Crippen MR) is 75.8 cm³/mol. The molecule has 1 aliphatic heterocycles. The molecule has 2 rings (SSSR count). The first-order valence-corrected chi connectivity index (χ1v) is 7.38. The zero-order valence-corrected chi connectivity index (χ0v) is 12.8. The number of likely N-dealkylation sites (tertiary alicyclic amines) is 1. The van der Waals surface area contributed by atoms with Crippen LogP contribution in [0.2, 0.25) is 0 Å². The van der Waals surface area contributed by atoms with Crippen molar-refractivity contribution in [3.05, 3.63) is 11.4 Å². The number of methoxy groups -OCH3 is 1. The number of aromatic nitrogens is 3. The lowest BCUT2D eigenvalue weighted by Gasteiger charge is -2.33. The van der Waals surface area contributed by atoms with E-state index in [0.717, 1.165) is 19.4 Å². The topological polar surface area (TPSA) is 77.3 Å². The number of ether oxygens (including phenoxy) is 1. The molecule has 1 unspecified atom stereocenters. The van der Waals surface area contributed by atoms with Gasteiger partial charge in [-0.3, -0.25) is 4.79 Å². The van der Waals surface area contributed by atoms with Gasteiger partial charge < -0.3 is 9.64 Å². The Morgan fingerprint density at radius 2 is 2.14 bits per heavy atom. The van der Waals surface area contributed by atoms with E-state index < -0.39 is 5.97 Å². The molecule has 0 aliphatic carbocycles. The molecule has 7 heteroatoms. The fourth-order valence-electron chi connectivity index (χ4n) is 2.75. The van der Waals surface area contributed by atoms with E-state index in [1.165, 1.54) is 18.2 Å². The van der Waals surface area contributed by atoms with Gasteiger partial charge in [-0.05, 0) is 32.6 Å². The van der Waals surface area contributed by atoms with Gasteiger partial charge in [-0.15, -0.1) is 5.10 Å². The largest absolute Gasteiger partial charge is 0.464 e. The van der Waals surface area contributed by atoms with E-state index in [-0.39, 0.29) is 24.2 Å². The van der Waals surface area contributed by atoms with Crippen molar-refractivity contribution < 1.29 is 14.3 Å². The average molecular weight is 294 g/mol. The molecular formula is C14H22N4O3. The number of piperidine rings is 1. The SMILES string of the molecule is CCc1c(C(=O)OC)nnn1CC(=O)N1CCCCC1C. The van der Waals surface area contributed by atoms with Crippen LogP contribution in [0, 0.1) is 0 Å². The average Bonchev–Trinajstić information content (AvgIpc) is 2.89. The first kappa shape index (κ1) is 15.5. The van der Waals surface area contributed by atoms with Crippen LogP contribution in [-0.2, 0) is 22.5 Å². The lowest BCUT2D eigenvalue weighted by atomic mass is 10.0. The zero-order chi connectivity index (χ0) is 15.4. The van der Waals surface area contributed by atoms with Crippen LogP contribution in [0.3, 0.4) is 0 Å². The monoisotopic (exact) mass is 294 g/mol. The Hall–Kier alpha value is -1.92. The molecule has 1 aromatic rings. The maximum absolute atomic E-state index is 12.4. The van der Waals surface area contributed by atoms with Gasteiger partial charge in [0, 0.05) is 12.6 Å². The highest BCUT2D eigenvalue weighted by Crippen LogP contribution is 2.17. The highest BCUT2D eigenvalue weighted by atomic mass is 16.5. The van der Waals surface area contributed by atoms with Crippen molar-refractivity contribution in [2.24, 2.45) is 0 Å². The molecule has 2 heterocycles. The van der Waals surface area contributed by atoms with Gasteiger partial charge in [0.05, 0.1) is 12.8 Å². The number of carbonyl (C=O) groups excluding carboxylic acids is 2. The Morgan fingerprint density at radius 3 is 2.76 bits per heavy atom. The number of rotatable bonds is 4. The molecule has 0 radical (unpaired) electrons. The molecule has 0 spiro atoms. The highest BCUT2D eigenvalue weighted by Gasteiger charge is 2.25. The first-order chi connectivity index (χ1) is 10.1. The number of esters is 1. The molecule has 0 N–H and O–H groups in total. The van der Waals surface area contributed by atoms with Crippen molar-refractivity contribution in [1.82, 2.24) is 19.9 Å². The molecule has 1 aromatic heterocycles. The van der Waals surface area contributed by atoms with E-state index in [2.05, 4.69) is 22.0 Å². The van der Waals surface area contributed by atoms with E-state index in [0.29, 0.717) is 12.1 Å². The third kappa shape index (κ3) is 3.22. The molecule has 0 saturated carbocycles. The maximum atomic E-state index is 12.4. The van der Waals surface area contributed by atoms with E-state index in [1.54, 1.807) is 0 Å². The lowest BCUT2D eigenvalue weighted by Crippen LogP contribution is -2.43. The van der Waals surface area contributed by atoms with Crippen LogP contribution in [0.5, 0.6) is 0 Å². The minimum Gasteiger partial charge on any atom is -0.464 e. The summed E-state index contributed by atoms with van der Waals surface area (Å²) in [7, 11) is 1.31. The predicted octanol–water partition coefficient (Wildman–Crippen LogP) is 1.03. The summed E-state index contributed by atoms with van der Waals surface area (Å²) in [6.45, 7) is 4.88. The number of carbonyl (C=O) groups is 2. The van der Waals surface area contributed by atoms with Crippen molar-refractivity contribution in [1.29, 1.82) is 0 Å². The standard InChI is InChI=1S/C14H22N4O3/c1-4-11-13(14(20)21-3)15-16-18(11)9-12(19)17-8-6-5-7-10(17)2/h10H,4-9H2,1-3H3. The van der Waals surface area contributed by atoms with E-state index in [1.807, 2.05) is 11.8 Å². The summed E-state index contributed by atoms with van der Waals surface area (Å²) in [4.78, 5) is 25.9. The molecule has 1 atom stereocenters. The lowest BCUT2D eigenvalue weighted by molar-refractivity contribution is -0.135. The van der Waals surface area contributed by atoms with E-state index >= 15 is 0 Å². The Balaban J connectivity index is 2.13. The number of amides is 1. The third-order valence-corrected chi connectivity index (χ3v) is 3.96. The summed E-state index contributed by atoms with van der Waals surface area (Å²) >= 11 is 0. The van der Waals surface area contributed by atoms with E-state index in [4.69, 9.17) is 0 Å². The van der Waals surface area contributed by atoms with Gasteiger partial charge in [-0.25, -0.2) is 9.48 Å². The molecule has 1 fully saturated rings. The van der Waals surface area contributed by atoms with Crippen molar-refractivity contribution in [3.63, 3.8) is 0 Å². The number of nitrogens with zero attached hydrogens (tertiary/aromatic N) is 4. The molecule has 1 saturated heterocycles. The Bertz CT molecular complexity index is 526. The van der Waals surface area contributed by atoms with Crippen LogP contribution in [0.15, 0.2) is 0 Å². The van der Waals surface area contributed by atoms with Crippen molar-refractivity contribution in [2.75, 3.05) is 13.7 Å². The van der Waals surface area contributed by atoms with Crippen LogP contribution in [0.1, 0.15) is 49.3 Å². The second-order valence-electron chi connectivity index (χ2n) is 5.32. The summed E-state index contributed by atoms with van der Waals surface area (Å²) in [6.07, 6.45) is 3.82.